The lowest BCUT2D eigenvalue weighted by molar-refractivity contribution is 0.247. The predicted octanol–water partition coefficient (Wildman–Crippen LogP) is 4.24. The molecule has 136 valence electrons. The maximum absolute atomic E-state index is 8.86. The van der Waals surface area contributed by atoms with Crippen molar-refractivity contribution >= 4 is 11.4 Å². The average Bonchev–Trinajstić information content (AvgIpc) is 2.68. The van der Waals surface area contributed by atoms with Crippen LogP contribution >= 0.6 is 0 Å². The zero-order valence-corrected chi connectivity index (χ0v) is 14.9. The Balaban J connectivity index is 1.45. The van der Waals surface area contributed by atoms with Crippen LogP contribution in [0, 0.1) is 11.3 Å². The quantitative estimate of drug-likeness (QED) is 0.486. The molecule has 3 aromatic carbocycles. The first-order chi connectivity index (χ1) is 13.1. The van der Waals surface area contributed by atoms with E-state index in [1.165, 1.54) is 0 Å². The van der Waals surface area contributed by atoms with Gasteiger partial charge in [0, 0.05) is 29.9 Å². The normalized spacial score (nSPS) is 10.2. The van der Waals surface area contributed by atoms with Gasteiger partial charge in [-0.3, -0.25) is 0 Å². The van der Waals surface area contributed by atoms with E-state index in [0.29, 0.717) is 35.9 Å². The van der Waals surface area contributed by atoms with Crippen LogP contribution in [0.3, 0.4) is 0 Å². The van der Waals surface area contributed by atoms with Crippen molar-refractivity contribution in [3.63, 3.8) is 0 Å². The van der Waals surface area contributed by atoms with E-state index in [4.69, 9.17) is 26.2 Å². The summed E-state index contributed by atoms with van der Waals surface area (Å²) in [6.07, 6.45) is 0.742. The van der Waals surface area contributed by atoms with Crippen LogP contribution in [-0.4, -0.2) is 13.2 Å². The molecule has 0 radical (unpaired) electrons. The summed E-state index contributed by atoms with van der Waals surface area (Å²) in [5.74, 6) is 1.47. The van der Waals surface area contributed by atoms with Gasteiger partial charge in [-0.15, -0.1) is 0 Å². The molecule has 5 nitrogen and oxygen atoms in total. The molecule has 0 saturated heterocycles. The third-order valence-electron chi connectivity index (χ3n) is 3.98. The third kappa shape index (κ3) is 5.16. The zero-order chi connectivity index (χ0) is 19.1. The summed E-state index contributed by atoms with van der Waals surface area (Å²) in [6, 6.07) is 22.7. The number of benzene rings is 3. The zero-order valence-electron chi connectivity index (χ0n) is 14.9. The highest BCUT2D eigenvalue weighted by molar-refractivity contribution is 5.65. The fourth-order valence-corrected chi connectivity index (χ4v) is 2.65. The Kier molecular flexibility index (Phi) is 5.80. The minimum Gasteiger partial charge on any atom is -0.493 e. The van der Waals surface area contributed by atoms with Crippen LogP contribution in [0.1, 0.15) is 12.0 Å². The Bertz CT molecular complexity index is 909. The first-order valence-electron chi connectivity index (χ1n) is 8.66. The largest absolute Gasteiger partial charge is 0.493 e. The van der Waals surface area contributed by atoms with E-state index in [9.17, 15) is 0 Å². The maximum atomic E-state index is 8.86. The molecule has 0 unspecified atom stereocenters. The molecule has 3 rings (SSSR count). The number of ether oxygens (including phenoxy) is 2. The molecule has 0 aromatic heterocycles. The number of hydrogen-bond donors (Lipinski definition) is 2. The van der Waals surface area contributed by atoms with Crippen molar-refractivity contribution in [3.05, 3.63) is 72.3 Å². The Morgan fingerprint density at radius 1 is 0.704 bits per heavy atom. The Hall–Kier alpha value is -3.65. The van der Waals surface area contributed by atoms with Crippen molar-refractivity contribution in [2.75, 3.05) is 24.7 Å². The van der Waals surface area contributed by atoms with Crippen LogP contribution in [0.15, 0.2) is 66.7 Å². The number of rotatable bonds is 7. The van der Waals surface area contributed by atoms with Crippen LogP contribution in [0.25, 0.3) is 11.1 Å². The van der Waals surface area contributed by atoms with Gasteiger partial charge in [0.1, 0.15) is 11.5 Å². The van der Waals surface area contributed by atoms with Gasteiger partial charge in [0.25, 0.3) is 0 Å². The molecule has 4 N–H and O–H groups in total. The minimum absolute atomic E-state index is 0.520. The van der Waals surface area contributed by atoms with Gasteiger partial charge in [-0.25, -0.2) is 0 Å². The number of nitriles is 1. The van der Waals surface area contributed by atoms with Crippen molar-refractivity contribution in [2.24, 2.45) is 0 Å². The van der Waals surface area contributed by atoms with Gasteiger partial charge in [-0.1, -0.05) is 24.3 Å². The van der Waals surface area contributed by atoms with Gasteiger partial charge in [0.05, 0.1) is 24.8 Å². The lowest BCUT2D eigenvalue weighted by atomic mass is 10.0. The fraction of sp³-hybridized carbons (Fsp3) is 0.136. The van der Waals surface area contributed by atoms with Gasteiger partial charge in [-0.05, 0) is 41.5 Å². The minimum atomic E-state index is 0.520. The van der Waals surface area contributed by atoms with Gasteiger partial charge >= 0.3 is 0 Å². The summed E-state index contributed by atoms with van der Waals surface area (Å²) >= 11 is 0. The number of hydrogen-bond acceptors (Lipinski definition) is 5. The number of nitrogen functional groups attached to an aromatic ring is 2. The lowest BCUT2D eigenvalue weighted by Crippen LogP contribution is -2.05. The van der Waals surface area contributed by atoms with Gasteiger partial charge in [0.2, 0.25) is 0 Å². The highest BCUT2D eigenvalue weighted by Crippen LogP contribution is 2.23. The molecule has 0 bridgehead atoms. The smallest absolute Gasteiger partial charge is 0.123 e. The van der Waals surface area contributed by atoms with E-state index in [-0.39, 0.29) is 0 Å². The molecule has 0 fully saturated rings. The molecule has 0 saturated carbocycles. The van der Waals surface area contributed by atoms with Crippen LogP contribution in [0.5, 0.6) is 11.5 Å². The topological polar surface area (TPSA) is 94.3 Å². The summed E-state index contributed by atoms with van der Waals surface area (Å²) < 4.78 is 11.4. The highest BCUT2D eigenvalue weighted by atomic mass is 16.5. The molecule has 5 heteroatoms. The average molecular weight is 359 g/mol. The van der Waals surface area contributed by atoms with E-state index >= 15 is 0 Å². The second-order valence-electron chi connectivity index (χ2n) is 6.10. The highest BCUT2D eigenvalue weighted by Gasteiger charge is 2.01. The first kappa shape index (κ1) is 18.2. The second-order valence-corrected chi connectivity index (χ2v) is 6.10. The molecule has 0 aliphatic carbocycles. The van der Waals surface area contributed by atoms with Crippen molar-refractivity contribution in [1.29, 1.82) is 5.26 Å². The third-order valence-corrected chi connectivity index (χ3v) is 3.98. The van der Waals surface area contributed by atoms with Crippen LogP contribution in [0.2, 0.25) is 0 Å². The van der Waals surface area contributed by atoms with E-state index in [1.54, 1.807) is 18.2 Å². The van der Waals surface area contributed by atoms with E-state index in [1.807, 2.05) is 48.5 Å². The summed E-state index contributed by atoms with van der Waals surface area (Å²) in [6.45, 7) is 1.07. The van der Waals surface area contributed by atoms with Gasteiger partial charge in [0.15, 0.2) is 0 Å². The summed E-state index contributed by atoms with van der Waals surface area (Å²) in [4.78, 5) is 0. The molecule has 0 spiro atoms. The van der Waals surface area contributed by atoms with Gasteiger partial charge < -0.3 is 20.9 Å². The predicted molar refractivity (Wildman–Crippen MR) is 107 cm³/mol. The van der Waals surface area contributed by atoms with Crippen molar-refractivity contribution < 1.29 is 9.47 Å². The summed E-state index contributed by atoms with van der Waals surface area (Å²) in [5.41, 5.74) is 15.4. The molecule has 0 aliphatic rings. The molecule has 0 heterocycles. The van der Waals surface area contributed by atoms with E-state index < -0.39 is 0 Å². The van der Waals surface area contributed by atoms with Crippen molar-refractivity contribution in [1.82, 2.24) is 0 Å². The summed E-state index contributed by atoms with van der Waals surface area (Å²) in [7, 11) is 0. The van der Waals surface area contributed by atoms with E-state index in [0.717, 1.165) is 23.3 Å². The monoisotopic (exact) mass is 359 g/mol. The first-order valence-corrected chi connectivity index (χ1v) is 8.66. The standard InChI is InChI=1S/C22H21N3O2/c23-15-16-2-4-17(5-3-16)18-6-8-21(9-7-18)26-10-1-11-27-22-13-19(24)12-20(25)14-22/h2-9,12-14H,1,10-11,24-25H2. The number of anilines is 2. The maximum Gasteiger partial charge on any atom is 0.123 e. The Labute approximate surface area is 158 Å². The lowest BCUT2D eigenvalue weighted by Gasteiger charge is -2.10. The van der Waals surface area contributed by atoms with Crippen molar-refractivity contribution in [2.45, 2.75) is 6.42 Å². The SMILES string of the molecule is N#Cc1ccc(-c2ccc(OCCCOc3cc(N)cc(N)c3)cc2)cc1. The number of nitrogens with zero attached hydrogens (tertiary/aromatic N) is 1. The Morgan fingerprint density at radius 2 is 1.22 bits per heavy atom. The molecular weight excluding hydrogens is 338 g/mol. The molecule has 0 aliphatic heterocycles. The molecule has 0 amide bonds. The van der Waals surface area contributed by atoms with Gasteiger partial charge in [-0.2, -0.15) is 5.26 Å². The van der Waals surface area contributed by atoms with E-state index in [2.05, 4.69) is 6.07 Å². The second kappa shape index (κ2) is 8.63. The molecular formula is C22H21N3O2. The molecule has 0 atom stereocenters. The summed E-state index contributed by atoms with van der Waals surface area (Å²) in [5, 5.41) is 8.86. The van der Waals surface area contributed by atoms with Crippen molar-refractivity contribution in [3.8, 4) is 28.7 Å². The molecule has 3 aromatic rings. The number of nitrogens with two attached hydrogens (primary N) is 2. The van der Waals surface area contributed by atoms with Crippen LogP contribution in [-0.2, 0) is 0 Å². The Morgan fingerprint density at radius 3 is 1.78 bits per heavy atom. The molecule has 27 heavy (non-hydrogen) atoms. The fourth-order valence-electron chi connectivity index (χ4n) is 2.65. The van der Waals surface area contributed by atoms with Crippen LogP contribution < -0.4 is 20.9 Å². The van der Waals surface area contributed by atoms with Crippen LogP contribution in [0.4, 0.5) is 11.4 Å².